The highest BCUT2D eigenvalue weighted by Crippen LogP contribution is 2.17. The first-order valence-electron chi connectivity index (χ1n) is 4.74. The highest BCUT2D eigenvalue weighted by molar-refractivity contribution is 7.11. The van der Waals surface area contributed by atoms with Gasteiger partial charge in [-0.1, -0.05) is 11.3 Å². The van der Waals surface area contributed by atoms with E-state index in [9.17, 15) is 0 Å². The van der Waals surface area contributed by atoms with Crippen molar-refractivity contribution in [1.29, 1.82) is 0 Å². The van der Waals surface area contributed by atoms with Crippen LogP contribution in [0.3, 0.4) is 0 Å². The fourth-order valence-electron chi connectivity index (χ4n) is 0.996. The van der Waals surface area contributed by atoms with E-state index in [2.05, 4.69) is 10.2 Å². The number of hydrogen-bond donors (Lipinski definition) is 1. The number of aryl methyl sites for hydroxylation is 1. The molecule has 5 heteroatoms. The maximum atomic E-state index is 5.69. The summed E-state index contributed by atoms with van der Waals surface area (Å²) in [5, 5.41) is 10.0. The Morgan fingerprint density at radius 1 is 1.43 bits per heavy atom. The van der Waals surface area contributed by atoms with Crippen LogP contribution in [0.2, 0.25) is 0 Å². The molecule has 2 unspecified atom stereocenters. The van der Waals surface area contributed by atoms with Crippen molar-refractivity contribution in [2.45, 2.75) is 38.8 Å². The molecule has 1 rings (SSSR count). The monoisotopic (exact) mass is 215 g/mol. The maximum absolute atomic E-state index is 5.69. The Morgan fingerprint density at radius 2 is 2.14 bits per heavy atom. The van der Waals surface area contributed by atoms with Gasteiger partial charge in [0.1, 0.15) is 10.0 Å². The Morgan fingerprint density at radius 3 is 2.64 bits per heavy atom. The molecule has 0 radical (unpaired) electrons. The number of methoxy groups -OCH3 is 1. The summed E-state index contributed by atoms with van der Waals surface area (Å²) in [4.78, 5) is 0. The Balaban J connectivity index is 2.44. The lowest BCUT2D eigenvalue weighted by Gasteiger charge is -2.06. The molecule has 0 aliphatic heterocycles. The van der Waals surface area contributed by atoms with Crippen molar-refractivity contribution >= 4 is 11.3 Å². The summed E-state index contributed by atoms with van der Waals surface area (Å²) >= 11 is 1.59. The van der Waals surface area contributed by atoms with E-state index < -0.39 is 0 Å². The van der Waals surface area contributed by atoms with E-state index in [1.807, 2.05) is 13.8 Å². The number of rotatable bonds is 5. The quantitative estimate of drug-likeness (QED) is 0.809. The summed E-state index contributed by atoms with van der Waals surface area (Å²) in [6.45, 7) is 3.97. The van der Waals surface area contributed by atoms with E-state index in [1.165, 1.54) is 0 Å². The lowest BCUT2D eigenvalue weighted by molar-refractivity contribution is 0.111. The van der Waals surface area contributed by atoms with Crippen LogP contribution < -0.4 is 5.73 Å². The zero-order chi connectivity index (χ0) is 10.6. The van der Waals surface area contributed by atoms with Gasteiger partial charge in [0.05, 0.1) is 12.1 Å². The van der Waals surface area contributed by atoms with Gasteiger partial charge in [-0.25, -0.2) is 0 Å². The summed E-state index contributed by atoms with van der Waals surface area (Å²) in [5.74, 6) is 0. The number of nitrogens with two attached hydrogens (primary N) is 1. The van der Waals surface area contributed by atoms with E-state index in [0.717, 1.165) is 22.9 Å². The predicted octanol–water partition coefficient (Wildman–Crippen LogP) is 1.53. The Labute approximate surface area is 88.5 Å². The Bertz CT molecular complexity index is 275. The highest BCUT2D eigenvalue weighted by Gasteiger charge is 2.08. The lowest BCUT2D eigenvalue weighted by Crippen LogP contribution is -2.05. The number of nitrogens with zero attached hydrogens (tertiary/aromatic N) is 2. The summed E-state index contributed by atoms with van der Waals surface area (Å²) in [7, 11) is 1.72. The van der Waals surface area contributed by atoms with Gasteiger partial charge in [-0.3, -0.25) is 0 Å². The standard InChI is InChI=1S/C9H17N3OS/c1-6(13-3)4-5-8-11-12-9(14-8)7(2)10/h6-7H,4-5,10H2,1-3H3. The zero-order valence-electron chi connectivity index (χ0n) is 8.86. The largest absolute Gasteiger partial charge is 0.382 e. The Hall–Kier alpha value is -0.520. The molecule has 80 valence electrons. The van der Waals surface area contributed by atoms with Gasteiger partial charge in [-0.2, -0.15) is 0 Å². The molecule has 0 amide bonds. The molecule has 0 aliphatic rings. The van der Waals surface area contributed by atoms with Crippen LogP contribution in [0.1, 0.15) is 36.3 Å². The molecule has 0 saturated carbocycles. The van der Waals surface area contributed by atoms with E-state index >= 15 is 0 Å². The maximum Gasteiger partial charge on any atom is 0.133 e. The van der Waals surface area contributed by atoms with Crippen molar-refractivity contribution in [3.8, 4) is 0 Å². The first-order chi connectivity index (χ1) is 6.63. The van der Waals surface area contributed by atoms with Gasteiger partial charge in [0, 0.05) is 13.5 Å². The van der Waals surface area contributed by atoms with Crippen molar-refractivity contribution in [3.63, 3.8) is 0 Å². The van der Waals surface area contributed by atoms with Crippen molar-refractivity contribution in [2.75, 3.05) is 7.11 Å². The molecule has 2 N–H and O–H groups in total. The minimum atomic E-state index is -0.0129. The molecule has 14 heavy (non-hydrogen) atoms. The van der Waals surface area contributed by atoms with E-state index in [1.54, 1.807) is 18.4 Å². The normalized spacial score (nSPS) is 15.4. The summed E-state index contributed by atoms with van der Waals surface area (Å²) in [6, 6.07) is -0.0129. The first-order valence-corrected chi connectivity index (χ1v) is 5.55. The fourth-order valence-corrected chi connectivity index (χ4v) is 1.81. The molecule has 1 heterocycles. The second-order valence-electron chi connectivity index (χ2n) is 3.41. The molecule has 0 spiro atoms. The SMILES string of the molecule is COC(C)CCc1nnc(C(C)N)s1. The molecule has 0 bridgehead atoms. The van der Waals surface area contributed by atoms with E-state index in [4.69, 9.17) is 10.5 Å². The molecule has 0 aliphatic carbocycles. The van der Waals surface area contributed by atoms with Crippen LogP contribution in [-0.2, 0) is 11.2 Å². The molecule has 4 nitrogen and oxygen atoms in total. The zero-order valence-corrected chi connectivity index (χ0v) is 9.67. The third-order valence-corrected chi connectivity index (χ3v) is 3.22. The van der Waals surface area contributed by atoms with Crippen LogP contribution >= 0.6 is 11.3 Å². The van der Waals surface area contributed by atoms with Crippen molar-refractivity contribution in [3.05, 3.63) is 10.0 Å². The van der Waals surface area contributed by atoms with Gasteiger partial charge in [0.25, 0.3) is 0 Å². The molecule has 0 fully saturated rings. The first kappa shape index (κ1) is 11.6. The topological polar surface area (TPSA) is 61.0 Å². The van der Waals surface area contributed by atoms with Gasteiger partial charge in [-0.05, 0) is 20.3 Å². The molecule has 0 aromatic carbocycles. The highest BCUT2D eigenvalue weighted by atomic mass is 32.1. The van der Waals surface area contributed by atoms with Crippen LogP contribution in [0.4, 0.5) is 0 Å². The molecule has 1 aromatic rings. The fraction of sp³-hybridized carbons (Fsp3) is 0.778. The second kappa shape index (κ2) is 5.38. The van der Waals surface area contributed by atoms with Crippen LogP contribution in [0, 0.1) is 0 Å². The Kier molecular flexibility index (Phi) is 4.44. The molecular formula is C9H17N3OS. The van der Waals surface area contributed by atoms with Crippen molar-refractivity contribution < 1.29 is 4.74 Å². The van der Waals surface area contributed by atoms with E-state index in [0.29, 0.717) is 0 Å². The van der Waals surface area contributed by atoms with Gasteiger partial charge in [0.15, 0.2) is 0 Å². The summed E-state index contributed by atoms with van der Waals surface area (Å²) < 4.78 is 5.16. The van der Waals surface area contributed by atoms with Gasteiger partial charge in [-0.15, -0.1) is 10.2 Å². The predicted molar refractivity (Wildman–Crippen MR) is 57.3 cm³/mol. The number of aromatic nitrogens is 2. The average Bonchev–Trinajstić information content (AvgIpc) is 2.62. The summed E-state index contributed by atoms with van der Waals surface area (Å²) in [6.07, 6.45) is 2.17. The third kappa shape index (κ3) is 3.32. The minimum absolute atomic E-state index is 0.0129. The molecule has 1 aromatic heterocycles. The lowest BCUT2D eigenvalue weighted by atomic mass is 10.2. The number of ether oxygens (including phenoxy) is 1. The van der Waals surface area contributed by atoms with Gasteiger partial charge < -0.3 is 10.5 Å². The van der Waals surface area contributed by atoms with Crippen molar-refractivity contribution in [1.82, 2.24) is 10.2 Å². The van der Waals surface area contributed by atoms with Crippen LogP contribution in [-0.4, -0.2) is 23.4 Å². The minimum Gasteiger partial charge on any atom is -0.382 e. The molecule has 2 atom stereocenters. The molecule has 0 saturated heterocycles. The van der Waals surface area contributed by atoms with Gasteiger partial charge >= 0.3 is 0 Å². The number of hydrogen-bond acceptors (Lipinski definition) is 5. The van der Waals surface area contributed by atoms with Gasteiger partial charge in [0.2, 0.25) is 0 Å². The smallest absolute Gasteiger partial charge is 0.133 e. The van der Waals surface area contributed by atoms with Crippen molar-refractivity contribution in [2.24, 2.45) is 5.73 Å². The van der Waals surface area contributed by atoms with Crippen LogP contribution in [0.25, 0.3) is 0 Å². The summed E-state index contributed by atoms with van der Waals surface area (Å²) in [5.41, 5.74) is 5.69. The van der Waals surface area contributed by atoms with E-state index in [-0.39, 0.29) is 12.1 Å². The third-order valence-electron chi connectivity index (χ3n) is 2.04. The van der Waals surface area contributed by atoms with Crippen LogP contribution in [0.15, 0.2) is 0 Å². The average molecular weight is 215 g/mol. The second-order valence-corrected chi connectivity index (χ2v) is 4.50. The molecular weight excluding hydrogens is 198 g/mol. The van der Waals surface area contributed by atoms with Crippen LogP contribution in [0.5, 0.6) is 0 Å².